The molecule has 0 radical (unpaired) electrons. The van der Waals surface area contributed by atoms with Gasteiger partial charge in [0.15, 0.2) is 5.65 Å². The molecule has 0 aliphatic carbocycles. The summed E-state index contributed by atoms with van der Waals surface area (Å²) in [5.74, 6) is -0.0939. The van der Waals surface area contributed by atoms with Crippen LogP contribution in [0.1, 0.15) is 18.5 Å². The summed E-state index contributed by atoms with van der Waals surface area (Å²) in [5.41, 5.74) is 1.57. The van der Waals surface area contributed by atoms with Crippen molar-refractivity contribution in [3.05, 3.63) is 60.3 Å². The van der Waals surface area contributed by atoms with Crippen LogP contribution in [0.3, 0.4) is 0 Å². The molecule has 5 nitrogen and oxygen atoms in total. The zero-order valence-corrected chi connectivity index (χ0v) is 15.1. The predicted molar refractivity (Wildman–Crippen MR) is 98.4 cm³/mol. The number of nitrogens with zero attached hydrogens (tertiary/aromatic N) is 4. The highest BCUT2D eigenvalue weighted by Crippen LogP contribution is 2.34. The number of alkyl halides is 3. The number of halogens is 3. The second-order valence-electron chi connectivity index (χ2n) is 6.89. The van der Waals surface area contributed by atoms with Crippen LogP contribution in [-0.4, -0.2) is 38.7 Å². The molecule has 3 heterocycles. The summed E-state index contributed by atoms with van der Waals surface area (Å²) >= 11 is 0. The van der Waals surface area contributed by atoms with Crippen molar-refractivity contribution in [3.8, 4) is 11.3 Å². The average molecular weight is 386 g/mol. The smallest absolute Gasteiger partial charge is 0.335 e. The molecular formula is C20H17F3N4O. The van der Waals surface area contributed by atoms with Crippen LogP contribution in [-0.2, 0) is 11.0 Å². The van der Waals surface area contributed by atoms with Crippen LogP contribution in [0.25, 0.3) is 22.3 Å². The summed E-state index contributed by atoms with van der Waals surface area (Å²) in [5, 5.41) is 5.38. The Morgan fingerprint density at radius 3 is 2.46 bits per heavy atom. The van der Waals surface area contributed by atoms with Crippen molar-refractivity contribution >= 4 is 16.9 Å². The van der Waals surface area contributed by atoms with Crippen molar-refractivity contribution < 1.29 is 18.0 Å². The fourth-order valence-electron chi connectivity index (χ4n) is 3.30. The number of benzene rings is 1. The Morgan fingerprint density at radius 2 is 1.86 bits per heavy atom. The third kappa shape index (κ3) is 3.04. The summed E-state index contributed by atoms with van der Waals surface area (Å²) in [6, 6.07) is 8.50. The van der Waals surface area contributed by atoms with E-state index in [1.54, 1.807) is 28.8 Å². The molecule has 144 valence electrons. The number of aromatic nitrogens is 3. The molecule has 0 unspecified atom stereocenters. The van der Waals surface area contributed by atoms with Crippen LogP contribution in [0, 0.1) is 0 Å². The Morgan fingerprint density at radius 1 is 1.18 bits per heavy atom. The van der Waals surface area contributed by atoms with Crippen molar-refractivity contribution in [1.29, 1.82) is 0 Å². The number of pyridine rings is 1. The van der Waals surface area contributed by atoms with Crippen molar-refractivity contribution in [1.82, 2.24) is 19.7 Å². The van der Waals surface area contributed by atoms with Gasteiger partial charge in [-0.05, 0) is 31.2 Å². The number of rotatable bonds is 3. The first-order valence-electron chi connectivity index (χ1n) is 8.71. The third-order valence-electron chi connectivity index (χ3n) is 4.81. The molecule has 4 rings (SSSR count). The lowest BCUT2D eigenvalue weighted by Crippen LogP contribution is -2.51. The fourth-order valence-corrected chi connectivity index (χ4v) is 3.30. The quantitative estimate of drug-likeness (QED) is 0.638. The molecule has 28 heavy (non-hydrogen) atoms. The van der Waals surface area contributed by atoms with Crippen LogP contribution in [0.5, 0.6) is 0 Å². The van der Waals surface area contributed by atoms with Crippen molar-refractivity contribution in [2.24, 2.45) is 0 Å². The maximum Gasteiger partial charge on any atom is 0.416 e. The predicted octanol–water partition coefficient (Wildman–Crippen LogP) is 4.08. The first kappa shape index (κ1) is 18.2. The van der Waals surface area contributed by atoms with E-state index in [1.165, 1.54) is 12.1 Å². The van der Waals surface area contributed by atoms with Crippen LogP contribution in [0.15, 0.2) is 54.7 Å². The molecule has 1 aromatic carbocycles. The lowest BCUT2D eigenvalue weighted by molar-refractivity contribution is -0.137. The Kier molecular flexibility index (Phi) is 4.21. The Hall–Kier alpha value is -3.16. The van der Waals surface area contributed by atoms with Gasteiger partial charge in [0.05, 0.1) is 11.6 Å². The van der Waals surface area contributed by atoms with E-state index in [0.717, 1.165) is 17.5 Å². The van der Waals surface area contributed by atoms with E-state index in [0.29, 0.717) is 35.6 Å². The highest BCUT2D eigenvalue weighted by molar-refractivity contribution is 5.93. The van der Waals surface area contributed by atoms with E-state index in [-0.39, 0.29) is 11.9 Å². The molecule has 0 saturated carbocycles. The summed E-state index contributed by atoms with van der Waals surface area (Å²) in [6.45, 7) is 6.32. The summed E-state index contributed by atoms with van der Waals surface area (Å²) in [6.07, 6.45) is -2.74. The van der Waals surface area contributed by atoms with Crippen molar-refractivity contribution in [2.45, 2.75) is 19.1 Å². The maximum atomic E-state index is 12.8. The van der Waals surface area contributed by atoms with Gasteiger partial charge in [-0.25, -0.2) is 9.67 Å². The third-order valence-corrected chi connectivity index (χ3v) is 4.81. The Balaban J connectivity index is 1.68. The van der Waals surface area contributed by atoms with E-state index in [9.17, 15) is 18.0 Å². The number of carbonyl (C=O) groups excluding carboxylic acids is 1. The molecule has 8 heteroatoms. The van der Waals surface area contributed by atoms with E-state index in [2.05, 4.69) is 16.7 Å². The number of amides is 1. The monoisotopic (exact) mass is 386 g/mol. The topological polar surface area (TPSA) is 51.0 Å². The van der Waals surface area contributed by atoms with Gasteiger partial charge in [-0.3, -0.25) is 4.79 Å². The van der Waals surface area contributed by atoms with Gasteiger partial charge in [0.25, 0.3) is 0 Å². The molecule has 1 fully saturated rings. The number of fused-ring (bicyclic) bond motifs is 1. The molecule has 1 saturated heterocycles. The van der Waals surface area contributed by atoms with Crippen LogP contribution in [0.4, 0.5) is 13.2 Å². The van der Waals surface area contributed by atoms with Crippen molar-refractivity contribution in [3.63, 3.8) is 0 Å². The van der Waals surface area contributed by atoms with Crippen molar-refractivity contribution in [2.75, 3.05) is 13.1 Å². The van der Waals surface area contributed by atoms with Crippen LogP contribution < -0.4 is 0 Å². The Bertz CT molecular complexity index is 1060. The molecule has 0 atom stereocenters. The van der Waals surface area contributed by atoms with E-state index in [1.807, 2.05) is 6.07 Å². The highest BCUT2D eigenvalue weighted by Gasteiger charge is 2.34. The molecule has 1 aliphatic heterocycles. The largest absolute Gasteiger partial charge is 0.416 e. The highest BCUT2D eigenvalue weighted by atomic mass is 19.4. The summed E-state index contributed by atoms with van der Waals surface area (Å²) < 4.78 is 40.2. The standard InChI is InChI=1S/C20H17F3N4O/c1-12(2)19(28)26-10-15(11-26)27-18-16(4-3-9-24-18)17(25-27)13-5-7-14(8-6-13)20(21,22)23/h3-9,15H,1,10-11H2,2H3. The van der Waals surface area contributed by atoms with Gasteiger partial charge in [-0.2, -0.15) is 18.3 Å². The number of hydrogen-bond acceptors (Lipinski definition) is 3. The van der Waals surface area contributed by atoms with E-state index < -0.39 is 11.7 Å². The molecular weight excluding hydrogens is 369 g/mol. The second kappa shape index (κ2) is 6.47. The first-order valence-corrected chi connectivity index (χ1v) is 8.71. The molecule has 1 amide bonds. The lowest BCUT2D eigenvalue weighted by atomic mass is 10.1. The molecule has 3 aromatic rings. The van der Waals surface area contributed by atoms with Crippen LogP contribution in [0.2, 0.25) is 0 Å². The molecule has 0 spiro atoms. The van der Waals surface area contributed by atoms with Crippen LogP contribution >= 0.6 is 0 Å². The zero-order chi connectivity index (χ0) is 20.1. The number of hydrogen-bond donors (Lipinski definition) is 0. The summed E-state index contributed by atoms with van der Waals surface area (Å²) in [4.78, 5) is 18.1. The molecule has 0 bridgehead atoms. The minimum atomic E-state index is -4.38. The zero-order valence-electron chi connectivity index (χ0n) is 15.1. The minimum absolute atomic E-state index is 0.0381. The molecule has 1 aliphatic rings. The minimum Gasteiger partial charge on any atom is -0.335 e. The molecule has 0 N–H and O–H groups in total. The Labute approximate surface area is 159 Å². The normalized spacial score (nSPS) is 14.9. The van der Waals surface area contributed by atoms with Gasteiger partial charge >= 0.3 is 6.18 Å². The van der Waals surface area contributed by atoms with Gasteiger partial charge in [-0.15, -0.1) is 0 Å². The van der Waals surface area contributed by atoms with Gasteiger partial charge < -0.3 is 4.90 Å². The fraction of sp³-hybridized carbons (Fsp3) is 0.250. The van der Waals surface area contributed by atoms with E-state index >= 15 is 0 Å². The van der Waals surface area contributed by atoms with Gasteiger partial charge in [0, 0.05) is 35.8 Å². The number of carbonyl (C=O) groups is 1. The lowest BCUT2D eigenvalue weighted by Gasteiger charge is -2.39. The molecule has 2 aromatic heterocycles. The van der Waals surface area contributed by atoms with Gasteiger partial charge in [0.2, 0.25) is 5.91 Å². The number of likely N-dealkylation sites (tertiary alicyclic amines) is 1. The SMILES string of the molecule is C=C(C)C(=O)N1CC(n2nc(-c3ccc(C(F)(F)F)cc3)c3cccnc32)C1. The second-order valence-corrected chi connectivity index (χ2v) is 6.89. The maximum absolute atomic E-state index is 12.8. The first-order chi connectivity index (χ1) is 13.3. The average Bonchev–Trinajstić information content (AvgIpc) is 2.99. The van der Waals surface area contributed by atoms with Gasteiger partial charge in [-0.1, -0.05) is 18.7 Å². The van der Waals surface area contributed by atoms with E-state index in [4.69, 9.17) is 0 Å². The summed E-state index contributed by atoms with van der Waals surface area (Å²) in [7, 11) is 0. The van der Waals surface area contributed by atoms with Gasteiger partial charge in [0.1, 0.15) is 5.69 Å².